The van der Waals surface area contributed by atoms with E-state index in [-0.39, 0.29) is 16.0 Å². The largest absolute Gasteiger partial charge is 0.348 e. The number of benzene rings is 3. The van der Waals surface area contributed by atoms with Gasteiger partial charge in [-0.2, -0.15) is 4.31 Å². The van der Waals surface area contributed by atoms with Crippen LogP contribution in [0, 0.1) is 0 Å². The molecule has 0 aromatic heterocycles. The first-order valence-corrected chi connectivity index (χ1v) is 10.4. The summed E-state index contributed by atoms with van der Waals surface area (Å²) in [6, 6.07) is 18.0. The number of hydrogen-bond acceptors (Lipinski definition) is 6. The molecule has 3 aromatic carbocycles. The van der Waals surface area contributed by atoms with Crippen molar-refractivity contribution in [3.05, 3.63) is 77.9 Å². The summed E-state index contributed by atoms with van der Waals surface area (Å²) in [7, 11) is -2.78. The van der Waals surface area contributed by atoms with Crippen LogP contribution < -0.4 is 0 Å². The summed E-state index contributed by atoms with van der Waals surface area (Å²) in [5.74, 6) is -2.61. The average molecular weight is 424 g/mol. The molecule has 0 radical (unpaired) electrons. The number of rotatable bonds is 5. The smallest absolute Gasteiger partial charge is 0.328 e. The molecule has 1 aliphatic heterocycles. The van der Waals surface area contributed by atoms with Gasteiger partial charge in [-0.05, 0) is 35.0 Å². The standard InChI is InChI=1S/C21H16N2O6S/c1-22(30(27,28)16-11-10-14-6-2-3-7-15(14)12-16)13-19(24)29-23-20(25)17-8-4-5-9-18(17)21(23)26/h2-12H,13H2,1H3. The molecule has 1 heterocycles. The predicted octanol–water partition coefficient (Wildman–Crippen LogP) is 2.21. The van der Waals surface area contributed by atoms with Gasteiger partial charge >= 0.3 is 5.97 Å². The second-order valence-electron chi connectivity index (χ2n) is 6.68. The molecule has 0 spiro atoms. The molecule has 4 rings (SSSR count). The van der Waals surface area contributed by atoms with Crippen LogP contribution in [-0.2, 0) is 19.7 Å². The van der Waals surface area contributed by atoms with Gasteiger partial charge in [-0.1, -0.05) is 47.5 Å². The van der Waals surface area contributed by atoms with Crippen LogP contribution >= 0.6 is 0 Å². The lowest BCUT2D eigenvalue weighted by atomic mass is 10.1. The zero-order valence-corrected chi connectivity index (χ0v) is 16.6. The van der Waals surface area contributed by atoms with E-state index in [1.165, 1.54) is 31.3 Å². The highest BCUT2D eigenvalue weighted by atomic mass is 32.2. The molecule has 8 nitrogen and oxygen atoms in total. The van der Waals surface area contributed by atoms with Crippen LogP contribution in [0.25, 0.3) is 10.8 Å². The van der Waals surface area contributed by atoms with Crippen LogP contribution in [0.1, 0.15) is 20.7 Å². The molecule has 1 aliphatic rings. The lowest BCUT2D eigenvalue weighted by Gasteiger charge is -2.18. The lowest BCUT2D eigenvalue weighted by molar-refractivity contribution is -0.168. The number of carbonyl (C=O) groups is 3. The summed E-state index contributed by atoms with van der Waals surface area (Å²) in [5, 5.41) is 1.97. The molecule has 0 atom stereocenters. The van der Waals surface area contributed by atoms with Gasteiger partial charge in [-0.15, -0.1) is 0 Å². The van der Waals surface area contributed by atoms with Crippen LogP contribution in [0.5, 0.6) is 0 Å². The fourth-order valence-corrected chi connectivity index (χ4v) is 4.31. The quantitative estimate of drug-likeness (QED) is 0.582. The third kappa shape index (κ3) is 3.34. The molecule has 9 heteroatoms. The van der Waals surface area contributed by atoms with Crippen molar-refractivity contribution in [2.75, 3.05) is 13.6 Å². The van der Waals surface area contributed by atoms with Crippen molar-refractivity contribution in [1.82, 2.24) is 9.37 Å². The summed E-state index contributed by atoms with van der Waals surface area (Å²) < 4.78 is 26.5. The Hall–Kier alpha value is -3.56. The van der Waals surface area contributed by atoms with E-state index in [9.17, 15) is 22.8 Å². The second kappa shape index (κ2) is 7.36. The molecule has 152 valence electrons. The third-order valence-electron chi connectivity index (χ3n) is 4.73. The summed E-state index contributed by atoms with van der Waals surface area (Å²) in [6.45, 7) is -0.678. The van der Waals surface area contributed by atoms with Gasteiger partial charge < -0.3 is 4.84 Å². The van der Waals surface area contributed by atoms with E-state index in [4.69, 9.17) is 4.84 Å². The Bertz CT molecular complexity index is 1270. The Kier molecular flexibility index (Phi) is 4.84. The number of imide groups is 1. The Morgan fingerprint density at radius 3 is 2.10 bits per heavy atom. The van der Waals surface area contributed by atoms with Crippen LogP contribution in [0.3, 0.4) is 0 Å². The van der Waals surface area contributed by atoms with E-state index in [1.807, 2.05) is 12.1 Å². The minimum atomic E-state index is -4.00. The topological polar surface area (TPSA) is 101 Å². The van der Waals surface area contributed by atoms with Gasteiger partial charge in [-0.25, -0.2) is 13.2 Å². The Morgan fingerprint density at radius 1 is 0.900 bits per heavy atom. The minimum absolute atomic E-state index is 0.0113. The van der Waals surface area contributed by atoms with Crippen molar-refractivity contribution in [3.63, 3.8) is 0 Å². The maximum atomic E-state index is 12.8. The van der Waals surface area contributed by atoms with Gasteiger partial charge in [0.2, 0.25) is 10.0 Å². The SMILES string of the molecule is CN(CC(=O)ON1C(=O)c2ccccc2C1=O)S(=O)(=O)c1ccc2ccccc2c1. The molecule has 0 aliphatic carbocycles. The van der Waals surface area contributed by atoms with Gasteiger partial charge in [0.1, 0.15) is 6.54 Å². The molecule has 0 saturated heterocycles. The number of fused-ring (bicyclic) bond motifs is 2. The Balaban J connectivity index is 1.49. The highest BCUT2D eigenvalue weighted by Gasteiger charge is 2.39. The minimum Gasteiger partial charge on any atom is -0.328 e. The van der Waals surface area contributed by atoms with Crippen LogP contribution in [0.4, 0.5) is 0 Å². The Labute approximate surface area is 172 Å². The molecular formula is C21H16N2O6S. The van der Waals surface area contributed by atoms with Crippen LogP contribution in [-0.4, -0.2) is 49.2 Å². The molecule has 0 N–H and O–H groups in total. The van der Waals surface area contributed by atoms with E-state index >= 15 is 0 Å². The maximum Gasteiger partial charge on any atom is 0.348 e. The molecular weight excluding hydrogens is 408 g/mol. The van der Waals surface area contributed by atoms with Crippen molar-refractivity contribution in [2.45, 2.75) is 4.90 Å². The van der Waals surface area contributed by atoms with Gasteiger partial charge in [0, 0.05) is 7.05 Å². The van der Waals surface area contributed by atoms with Gasteiger partial charge in [0.05, 0.1) is 16.0 Å². The zero-order chi connectivity index (χ0) is 21.5. The average Bonchev–Trinajstić information content (AvgIpc) is 2.98. The summed E-state index contributed by atoms with van der Waals surface area (Å²) >= 11 is 0. The van der Waals surface area contributed by atoms with Crippen molar-refractivity contribution >= 4 is 38.6 Å². The zero-order valence-electron chi connectivity index (χ0n) is 15.8. The van der Waals surface area contributed by atoms with E-state index in [0.29, 0.717) is 5.06 Å². The van der Waals surface area contributed by atoms with Crippen molar-refractivity contribution in [3.8, 4) is 0 Å². The fourth-order valence-electron chi connectivity index (χ4n) is 3.16. The van der Waals surface area contributed by atoms with Crippen molar-refractivity contribution in [2.24, 2.45) is 0 Å². The number of amides is 2. The Morgan fingerprint density at radius 2 is 1.47 bits per heavy atom. The number of hydrogen-bond donors (Lipinski definition) is 0. The van der Waals surface area contributed by atoms with Crippen molar-refractivity contribution in [1.29, 1.82) is 0 Å². The van der Waals surface area contributed by atoms with Gasteiger partial charge in [0.25, 0.3) is 11.8 Å². The number of sulfonamides is 1. The van der Waals surface area contributed by atoms with E-state index < -0.39 is 34.4 Å². The molecule has 0 bridgehead atoms. The van der Waals surface area contributed by atoms with E-state index in [0.717, 1.165) is 15.1 Å². The molecule has 3 aromatic rings. The molecule has 2 amide bonds. The summed E-state index contributed by atoms with van der Waals surface area (Å²) in [4.78, 5) is 41.7. The maximum absolute atomic E-state index is 12.8. The molecule has 0 unspecified atom stereocenters. The first-order valence-electron chi connectivity index (χ1n) is 8.93. The monoisotopic (exact) mass is 424 g/mol. The third-order valence-corrected chi connectivity index (χ3v) is 6.53. The fraction of sp³-hybridized carbons (Fsp3) is 0.0952. The predicted molar refractivity (Wildman–Crippen MR) is 107 cm³/mol. The molecule has 30 heavy (non-hydrogen) atoms. The first-order chi connectivity index (χ1) is 14.3. The molecule has 0 fully saturated rings. The van der Waals surface area contributed by atoms with Crippen molar-refractivity contribution < 1.29 is 27.6 Å². The normalized spacial score (nSPS) is 13.7. The second-order valence-corrected chi connectivity index (χ2v) is 8.73. The van der Waals surface area contributed by atoms with Gasteiger partial charge in [0.15, 0.2) is 0 Å². The number of hydroxylamine groups is 2. The van der Waals surface area contributed by atoms with Crippen LogP contribution in [0.2, 0.25) is 0 Å². The number of likely N-dealkylation sites (N-methyl/N-ethyl adjacent to an activating group) is 1. The summed E-state index contributed by atoms with van der Waals surface area (Å²) in [6.07, 6.45) is 0. The highest BCUT2D eigenvalue weighted by Crippen LogP contribution is 2.24. The highest BCUT2D eigenvalue weighted by molar-refractivity contribution is 7.89. The van der Waals surface area contributed by atoms with E-state index in [1.54, 1.807) is 30.3 Å². The lowest BCUT2D eigenvalue weighted by Crippen LogP contribution is -2.38. The first kappa shape index (κ1) is 19.7. The van der Waals surface area contributed by atoms with E-state index in [2.05, 4.69) is 0 Å². The summed E-state index contributed by atoms with van der Waals surface area (Å²) in [5.41, 5.74) is 0.236. The van der Waals surface area contributed by atoms with Gasteiger partial charge in [-0.3, -0.25) is 9.59 Å². The number of carbonyl (C=O) groups excluding carboxylic acids is 3. The van der Waals surface area contributed by atoms with Crippen LogP contribution in [0.15, 0.2) is 71.6 Å². The molecule has 0 saturated carbocycles. The number of nitrogens with zero attached hydrogens (tertiary/aromatic N) is 2.